The normalized spacial score (nSPS) is 12.1. The first-order valence-electron chi connectivity index (χ1n) is 6.77. The van der Waals surface area contributed by atoms with Crippen LogP contribution in [-0.4, -0.2) is 22.6 Å². The van der Waals surface area contributed by atoms with Crippen LogP contribution in [0.2, 0.25) is 0 Å². The summed E-state index contributed by atoms with van der Waals surface area (Å²) in [5, 5.41) is 0. The largest absolute Gasteiger partial charge is 0.280 e. The third-order valence-electron chi connectivity index (χ3n) is 3.29. The quantitative estimate of drug-likeness (QED) is 0.808. The summed E-state index contributed by atoms with van der Waals surface area (Å²) >= 11 is 3.32. The second-order valence-corrected chi connectivity index (χ2v) is 9.76. The van der Waals surface area contributed by atoms with Gasteiger partial charge in [-0.3, -0.25) is 4.72 Å². The molecule has 0 amide bonds. The Morgan fingerprint density at radius 2 is 1.52 bits per heavy atom. The van der Waals surface area contributed by atoms with E-state index < -0.39 is 19.9 Å². The van der Waals surface area contributed by atoms with E-state index in [2.05, 4.69) is 20.7 Å². The number of nitrogens with one attached hydrogen (secondary N) is 1. The Hall–Kier alpha value is -1.38. The van der Waals surface area contributed by atoms with Crippen LogP contribution in [0.15, 0.2) is 56.7 Å². The van der Waals surface area contributed by atoms with Gasteiger partial charge in [0.2, 0.25) is 0 Å². The zero-order chi connectivity index (χ0) is 17.3. The Bertz CT molecular complexity index is 920. The lowest BCUT2D eigenvalue weighted by Gasteiger charge is -2.10. The summed E-state index contributed by atoms with van der Waals surface area (Å²) in [5.41, 5.74) is 1.11. The van der Waals surface area contributed by atoms with Crippen LogP contribution in [0, 0.1) is 6.92 Å². The maximum atomic E-state index is 12.4. The van der Waals surface area contributed by atoms with E-state index in [9.17, 15) is 16.8 Å². The highest BCUT2D eigenvalue weighted by Gasteiger charge is 2.16. The van der Waals surface area contributed by atoms with E-state index in [1.165, 1.54) is 30.3 Å². The number of sulfone groups is 1. The molecule has 1 N–H and O–H groups in total. The fourth-order valence-electron chi connectivity index (χ4n) is 1.90. The van der Waals surface area contributed by atoms with Crippen molar-refractivity contribution in [2.24, 2.45) is 0 Å². The average molecular weight is 418 g/mol. The maximum Gasteiger partial charge on any atom is 0.261 e. The summed E-state index contributed by atoms with van der Waals surface area (Å²) in [6.07, 6.45) is 0. The lowest BCUT2D eigenvalue weighted by Crippen LogP contribution is -2.13. The minimum absolute atomic E-state index is 0.00373. The number of sulfonamides is 1. The monoisotopic (exact) mass is 417 g/mol. The average Bonchev–Trinajstić information content (AvgIpc) is 2.50. The summed E-state index contributed by atoms with van der Waals surface area (Å²) < 4.78 is 51.5. The van der Waals surface area contributed by atoms with E-state index in [0.717, 1.165) is 10.0 Å². The molecule has 124 valence electrons. The van der Waals surface area contributed by atoms with Crippen molar-refractivity contribution >= 4 is 41.5 Å². The second kappa shape index (κ2) is 6.62. The van der Waals surface area contributed by atoms with Crippen LogP contribution < -0.4 is 4.72 Å². The molecule has 8 heteroatoms. The zero-order valence-corrected chi connectivity index (χ0v) is 15.8. The van der Waals surface area contributed by atoms with E-state index in [1.807, 2.05) is 0 Å². The van der Waals surface area contributed by atoms with Crippen LogP contribution in [0.4, 0.5) is 5.69 Å². The van der Waals surface area contributed by atoms with Crippen molar-refractivity contribution in [3.63, 3.8) is 0 Å². The molecule has 5 nitrogen and oxygen atoms in total. The molecule has 0 fully saturated rings. The van der Waals surface area contributed by atoms with E-state index in [1.54, 1.807) is 26.0 Å². The van der Waals surface area contributed by atoms with Crippen molar-refractivity contribution in [1.29, 1.82) is 0 Å². The number of rotatable bonds is 5. The highest BCUT2D eigenvalue weighted by atomic mass is 79.9. The summed E-state index contributed by atoms with van der Waals surface area (Å²) in [5.74, 6) is -0.00373. The number of benzene rings is 2. The Morgan fingerprint density at radius 3 is 2.04 bits per heavy atom. The molecule has 0 aromatic heterocycles. The van der Waals surface area contributed by atoms with Gasteiger partial charge in [0, 0.05) is 10.2 Å². The first-order valence-corrected chi connectivity index (χ1v) is 10.7. The molecule has 0 saturated heterocycles. The lowest BCUT2D eigenvalue weighted by molar-refractivity contribution is 0.597. The molecule has 0 heterocycles. The van der Waals surface area contributed by atoms with Crippen molar-refractivity contribution in [2.75, 3.05) is 10.5 Å². The first-order chi connectivity index (χ1) is 10.7. The van der Waals surface area contributed by atoms with Crippen LogP contribution in [0.3, 0.4) is 0 Å². The molecule has 0 unspecified atom stereocenters. The summed E-state index contributed by atoms with van der Waals surface area (Å²) in [6.45, 7) is 3.36. The summed E-state index contributed by atoms with van der Waals surface area (Å²) in [6, 6.07) is 10.4. The molecule has 23 heavy (non-hydrogen) atoms. The van der Waals surface area contributed by atoms with Gasteiger partial charge in [0.1, 0.15) is 0 Å². The molecular weight excluding hydrogens is 402 g/mol. The van der Waals surface area contributed by atoms with E-state index in [4.69, 9.17) is 0 Å². The van der Waals surface area contributed by atoms with Crippen LogP contribution in [-0.2, 0) is 19.9 Å². The van der Waals surface area contributed by atoms with Gasteiger partial charge < -0.3 is 0 Å². The smallest absolute Gasteiger partial charge is 0.261 e. The Morgan fingerprint density at radius 1 is 0.957 bits per heavy atom. The van der Waals surface area contributed by atoms with E-state index in [-0.39, 0.29) is 15.5 Å². The van der Waals surface area contributed by atoms with Gasteiger partial charge in [-0.25, -0.2) is 16.8 Å². The summed E-state index contributed by atoms with van der Waals surface area (Å²) in [4.78, 5) is 0.311. The predicted octanol–water partition coefficient (Wildman–Crippen LogP) is 3.35. The standard InChI is InChI=1S/C15H16BrNO4S2/c1-3-22(18,19)13-6-4-12(5-7-13)17-23(20,21)14-8-9-15(16)11(2)10-14/h4-10,17H,3H2,1-2H3. The summed E-state index contributed by atoms with van der Waals surface area (Å²) in [7, 11) is -7.03. The highest BCUT2D eigenvalue weighted by molar-refractivity contribution is 9.10. The molecule has 0 aliphatic rings. The molecule has 0 bridgehead atoms. The Kier molecular flexibility index (Phi) is 5.17. The highest BCUT2D eigenvalue weighted by Crippen LogP contribution is 2.23. The minimum atomic E-state index is -3.73. The molecule has 0 aliphatic carbocycles. The topological polar surface area (TPSA) is 80.3 Å². The third-order valence-corrected chi connectivity index (χ3v) is 7.30. The van der Waals surface area contributed by atoms with E-state index in [0.29, 0.717) is 5.69 Å². The van der Waals surface area contributed by atoms with Gasteiger partial charge >= 0.3 is 0 Å². The lowest BCUT2D eigenvalue weighted by atomic mass is 10.2. The molecule has 0 spiro atoms. The molecule has 2 aromatic carbocycles. The fourth-order valence-corrected chi connectivity index (χ4v) is 4.17. The van der Waals surface area contributed by atoms with Gasteiger partial charge in [0.05, 0.1) is 15.5 Å². The molecule has 2 aromatic rings. The van der Waals surface area contributed by atoms with Crippen molar-refractivity contribution < 1.29 is 16.8 Å². The number of aryl methyl sites for hydroxylation is 1. The molecule has 2 rings (SSSR count). The number of anilines is 1. The zero-order valence-electron chi connectivity index (χ0n) is 12.6. The van der Waals surface area contributed by atoms with Crippen LogP contribution >= 0.6 is 15.9 Å². The second-order valence-electron chi connectivity index (χ2n) is 4.94. The van der Waals surface area contributed by atoms with Crippen LogP contribution in [0.1, 0.15) is 12.5 Å². The van der Waals surface area contributed by atoms with Gasteiger partial charge in [-0.1, -0.05) is 22.9 Å². The van der Waals surface area contributed by atoms with Gasteiger partial charge in [-0.05, 0) is 55.0 Å². The SMILES string of the molecule is CCS(=O)(=O)c1ccc(NS(=O)(=O)c2ccc(Br)c(C)c2)cc1. The minimum Gasteiger partial charge on any atom is -0.280 e. The van der Waals surface area contributed by atoms with Gasteiger partial charge in [-0.2, -0.15) is 0 Å². The number of hydrogen-bond donors (Lipinski definition) is 1. The molecule has 0 saturated carbocycles. The number of halogens is 1. The van der Waals surface area contributed by atoms with Crippen LogP contribution in [0.25, 0.3) is 0 Å². The van der Waals surface area contributed by atoms with E-state index >= 15 is 0 Å². The van der Waals surface area contributed by atoms with Gasteiger partial charge in [0.25, 0.3) is 10.0 Å². The van der Waals surface area contributed by atoms with Crippen molar-refractivity contribution in [2.45, 2.75) is 23.6 Å². The number of hydrogen-bond acceptors (Lipinski definition) is 4. The van der Waals surface area contributed by atoms with Gasteiger partial charge in [0.15, 0.2) is 9.84 Å². The van der Waals surface area contributed by atoms with Crippen molar-refractivity contribution in [1.82, 2.24) is 0 Å². The Balaban J connectivity index is 2.29. The fraction of sp³-hybridized carbons (Fsp3) is 0.200. The predicted molar refractivity (Wildman–Crippen MR) is 93.9 cm³/mol. The maximum absolute atomic E-state index is 12.4. The van der Waals surface area contributed by atoms with Crippen LogP contribution in [0.5, 0.6) is 0 Å². The molecule has 0 radical (unpaired) electrons. The molecule has 0 aliphatic heterocycles. The van der Waals surface area contributed by atoms with Crippen molar-refractivity contribution in [3.05, 3.63) is 52.5 Å². The first kappa shape index (κ1) is 18.0. The molecular formula is C15H16BrNO4S2. The van der Waals surface area contributed by atoms with Crippen molar-refractivity contribution in [3.8, 4) is 0 Å². The van der Waals surface area contributed by atoms with Gasteiger partial charge in [-0.15, -0.1) is 0 Å². The third kappa shape index (κ3) is 4.13. The Labute approximate surface area is 144 Å². The molecule has 0 atom stereocenters.